The molecule has 116 valence electrons. The maximum atomic E-state index is 12.4. The second-order valence-electron chi connectivity index (χ2n) is 5.44. The molecule has 0 saturated carbocycles. The number of carbonyl (C=O) groups excluding carboxylic acids is 1. The van der Waals surface area contributed by atoms with E-state index < -0.39 is 0 Å². The van der Waals surface area contributed by atoms with Crippen LogP contribution in [0.5, 0.6) is 0 Å². The zero-order valence-corrected chi connectivity index (χ0v) is 12.7. The van der Waals surface area contributed by atoms with Crippen LogP contribution in [0.1, 0.15) is 10.4 Å². The molecule has 0 spiro atoms. The average molecular weight is 314 g/mol. The van der Waals surface area contributed by atoms with Crippen LogP contribution in [0, 0.1) is 0 Å². The second-order valence-corrected chi connectivity index (χ2v) is 5.44. The van der Waals surface area contributed by atoms with E-state index in [0.717, 1.165) is 27.7 Å². The van der Waals surface area contributed by atoms with Gasteiger partial charge in [-0.05, 0) is 29.8 Å². The molecule has 0 bridgehead atoms. The Morgan fingerprint density at radius 1 is 0.958 bits per heavy atom. The van der Waals surface area contributed by atoms with E-state index in [1.54, 1.807) is 12.4 Å². The van der Waals surface area contributed by atoms with Gasteiger partial charge in [0.15, 0.2) is 0 Å². The summed E-state index contributed by atoms with van der Waals surface area (Å²) in [4.78, 5) is 16.7. The number of nitrogens with one attached hydrogen (secondary N) is 2. The standard InChI is InChI=1S/C19H14N4O/c24-19(15-9-14-3-1-2-4-18(14)20-10-15)23-17-7-5-13(6-8-17)16-11-21-22-12-16/h1-12H,(H,21,22)(H,23,24). The highest BCUT2D eigenvalue weighted by molar-refractivity contribution is 6.05. The molecule has 0 aliphatic rings. The number of aromatic amines is 1. The summed E-state index contributed by atoms with van der Waals surface area (Å²) in [6, 6.07) is 17.2. The molecular formula is C19H14N4O. The van der Waals surface area contributed by atoms with Crippen molar-refractivity contribution in [1.29, 1.82) is 0 Å². The number of amides is 1. The van der Waals surface area contributed by atoms with Crippen molar-refractivity contribution < 1.29 is 4.79 Å². The van der Waals surface area contributed by atoms with Gasteiger partial charge in [-0.15, -0.1) is 0 Å². The third-order valence-corrected chi connectivity index (χ3v) is 3.83. The van der Waals surface area contributed by atoms with E-state index in [-0.39, 0.29) is 5.91 Å². The number of H-pyrrole nitrogens is 1. The molecule has 5 nitrogen and oxygen atoms in total. The van der Waals surface area contributed by atoms with Crippen LogP contribution in [-0.4, -0.2) is 21.1 Å². The molecule has 0 unspecified atom stereocenters. The van der Waals surface area contributed by atoms with Crippen LogP contribution in [0.25, 0.3) is 22.0 Å². The fraction of sp³-hybridized carbons (Fsp3) is 0. The lowest BCUT2D eigenvalue weighted by atomic mass is 10.1. The summed E-state index contributed by atoms with van der Waals surface area (Å²) in [5.41, 5.74) is 4.19. The lowest BCUT2D eigenvalue weighted by Gasteiger charge is -2.07. The Kier molecular flexibility index (Phi) is 3.51. The maximum Gasteiger partial charge on any atom is 0.257 e. The van der Waals surface area contributed by atoms with Gasteiger partial charge in [-0.1, -0.05) is 30.3 Å². The van der Waals surface area contributed by atoms with Gasteiger partial charge in [0.1, 0.15) is 0 Å². The lowest BCUT2D eigenvalue weighted by Crippen LogP contribution is -2.12. The maximum absolute atomic E-state index is 12.4. The second kappa shape index (κ2) is 5.96. The first-order valence-electron chi connectivity index (χ1n) is 7.55. The number of hydrogen-bond acceptors (Lipinski definition) is 3. The molecule has 2 aromatic carbocycles. The van der Waals surface area contributed by atoms with Crippen molar-refractivity contribution in [2.45, 2.75) is 0 Å². The summed E-state index contributed by atoms with van der Waals surface area (Å²) < 4.78 is 0. The molecule has 2 heterocycles. The van der Waals surface area contributed by atoms with Gasteiger partial charge in [0.25, 0.3) is 5.91 Å². The number of para-hydroxylation sites is 1. The van der Waals surface area contributed by atoms with Crippen LogP contribution in [0.3, 0.4) is 0 Å². The highest BCUT2D eigenvalue weighted by Gasteiger charge is 2.08. The number of aromatic nitrogens is 3. The van der Waals surface area contributed by atoms with Crippen molar-refractivity contribution in [1.82, 2.24) is 15.2 Å². The van der Waals surface area contributed by atoms with Crippen molar-refractivity contribution in [3.05, 3.63) is 78.8 Å². The molecule has 2 aromatic heterocycles. The fourth-order valence-electron chi connectivity index (χ4n) is 2.55. The molecule has 0 fully saturated rings. The predicted molar refractivity (Wildman–Crippen MR) is 93.7 cm³/mol. The van der Waals surface area contributed by atoms with Crippen LogP contribution in [0.2, 0.25) is 0 Å². The Hall–Kier alpha value is -3.47. The zero-order chi connectivity index (χ0) is 16.4. The Morgan fingerprint density at radius 3 is 2.58 bits per heavy atom. The summed E-state index contributed by atoms with van der Waals surface area (Å²) >= 11 is 0. The van der Waals surface area contributed by atoms with Gasteiger partial charge in [0.05, 0.1) is 17.3 Å². The molecule has 1 amide bonds. The molecule has 0 atom stereocenters. The van der Waals surface area contributed by atoms with E-state index >= 15 is 0 Å². The van der Waals surface area contributed by atoms with Crippen molar-refractivity contribution in [3.8, 4) is 11.1 Å². The number of anilines is 1. The third kappa shape index (κ3) is 2.75. The van der Waals surface area contributed by atoms with Gasteiger partial charge in [-0.25, -0.2) is 0 Å². The predicted octanol–water partition coefficient (Wildman–Crippen LogP) is 3.88. The van der Waals surface area contributed by atoms with Crippen molar-refractivity contribution in [2.24, 2.45) is 0 Å². The highest BCUT2D eigenvalue weighted by Crippen LogP contribution is 2.20. The molecule has 0 aliphatic carbocycles. The molecular weight excluding hydrogens is 300 g/mol. The van der Waals surface area contributed by atoms with Crippen molar-refractivity contribution in [2.75, 3.05) is 5.32 Å². The molecule has 4 rings (SSSR count). The molecule has 24 heavy (non-hydrogen) atoms. The van der Waals surface area contributed by atoms with Gasteiger partial charge in [-0.2, -0.15) is 5.10 Å². The first-order chi connectivity index (χ1) is 11.8. The summed E-state index contributed by atoms with van der Waals surface area (Å²) in [6.07, 6.45) is 5.18. The van der Waals surface area contributed by atoms with Gasteiger partial charge in [-0.3, -0.25) is 14.9 Å². The summed E-state index contributed by atoms with van der Waals surface area (Å²) in [5.74, 6) is -0.177. The van der Waals surface area contributed by atoms with Crippen molar-refractivity contribution in [3.63, 3.8) is 0 Å². The van der Waals surface area contributed by atoms with Crippen LogP contribution in [-0.2, 0) is 0 Å². The van der Waals surface area contributed by atoms with Gasteiger partial charge >= 0.3 is 0 Å². The van der Waals surface area contributed by atoms with E-state index in [4.69, 9.17) is 0 Å². The topological polar surface area (TPSA) is 70.7 Å². The third-order valence-electron chi connectivity index (χ3n) is 3.83. The van der Waals surface area contributed by atoms with Crippen LogP contribution < -0.4 is 5.32 Å². The normalized spacial score (nSPS) is 10.7. The molecule has 4 aromatic rings. The van der Waals surface area contributed by atoms with E-state index in [9.17, 15) is 4.79 Å². The number of fused-ring (bicyclic) bond motifs is 1. The molecule has 5 heteroatoms. The number of nitrogens with zero attached hydrogens (tertiary/aromatic N) is 2. The monoisotopic (exact) mass is 314 g/mol. The minimum atomic E-state index is -0.177. The van der Waals surface area contributed by atoms with E-state index in [2.05, 4.69) is 20.5 Å². The van der Waals surface area contributed by atoms with Crippen LogP contribution >= 0.6 is 0 Å². The highest BCUT2D eigenvalue weighted by atomic mass is 16.1. The molecule has 0 radical (unpaired) electrons. The number of hydrogen-bond donors (Lipinski definition) is 2. The van der Waals surface area contributed by atoms with Crippen molar-refractivity contribution >= 4 is 22.5 Å². The number of benzene rings is 2. The summed E-state index contributed by atoms with van der Waals surface area (Å²) in [6.45, 7) is 0. The Labute approximate surface area is 138 Å². The SMILES string of the molecule is O=C(Nc1ccc(-c2cn[nH]c2)cc1)c1cnc2ccccc2c1. The Morgan fingerprint density at radius 2 is 1.79 bits per heavy atom. The average Bonchev–Trinajstić information content (AvgIpc) is 3.16. The number of rotatable bonds is 3. The number of pyridine rings is 1. The quantitative estimate of drug-likeness (QED) is 0.603. The van der Waals surface area contributed by atoms with E-state index in [1.165, 1.54) is 0 Å². The molecule has 2 N–H and O–H groups in total. The molecule has 0 saturated heterocycles. The fourth-order valence-corrected chi connectivity index (χ4v) is 2.55. The zero-order valence-electron chi connectivity index (χ0n) is 12.7. The number of carbonyl (C=O) groups is 1. The minimum Gasteiger partial charge on any atom is -0.322 e. The first kappa shape index (κ1) is 14.1. The molecule has 0 aliphatic heterocycles. The van der Waals surface area contributed by atoms with E-state index in [1.807, 2.05) is 60.8 Å². The minimum absolute atomic E-state index is 0.177. The first-order valence-corrected chi connectivity index (χ1v) is 7.55. The Balaban J connectivity index is 1.54. The summed E-state index contributed by atoms with van der Waals surface area (Å²) in [7, 11) is 0. The van der Waals surface area contributed by atoms with Gasteiger partial charge in [0.2, 0.25) is 0 Å². The Bertz CT molecular complexity index is 992. The van der Waals surface area contributed by atoms with Gasteiger partial charge < -0.3 is 5.32 Å². The van der Waals surface area contributed by atoms with Crippen LogP contribution in [0.15, 0.2) is 73.2 Å². The largest absolute Gasteiger partial charge is 0.322 e. The van der Waals surface area contributed by atoms with E-state index in [0.29, 0.717) is 5.56 Å². The summed E-state index contributed by atoms with van der Waals surface area (Å²) in [5, 5.41) is 10.6. The van der Waals surface area contributed by atoms with Crippen LogP contribution in [0.4, 0.5) is 5.69 Å². The van der Waals surface area contributed by atoms with Gasteiger partial charge in [0, 0.05) is 29.0 Å². The smallest absolute Gasteiger partial charge is 0.257 e. The lowest BCUT2D eigenvalue weighted by molar-refractivity contribution is 0.102.